The maximum Gasteiger partial charge on any atom is 0.339 e. The lowest BCUT2D eigenvalue weighted by Gasteiger charge is -2.10. The lowest BCUT2D eigenvalue weighted by atomic mass is 10.2. The molecule has 27 heavy (non-hydrogen) atoms. The summed E-state index contributed by atoms with van der Waals surface area (Å²) in [5.74, 6) is -0.220. The third-order valence-corrected chi connectivity index (χ3v) is 5.48. The van der Waals surface area contributed by atoms with Crippen molar-refractivity contribution in [3.63, 3.8) is 0 Å². The number of thioether (sulfide) groups is 1. The van der Waals surface area contributed by atoms with E-state index in [1.165, 1.54) is 23.1 Å². The minimum Gasteiger partial charge on any atom is -0.462 e. The molecule has 0 saturated carbocycles. The van der Waals surface area contributed by atoms with Crippen LogP contribution in [-0.4, -0.2) is 36.1 Å². The van der Waals surface area contributed by atoms with Gasteiger partial charge < -0.3 is 10.1 Å². The van der Waals surface area contributed by atoms with Gasteiger partial charge in [0.1, 0.15) is 0 Å². The molecule has 7 heteroatoms. The molecule has 0 aliphatic carbocycles. The van der Waals surface area contributed by atoms with Crippen LogP contribution in [0.3, 0.4) is 0 Å². The molecule has 0 radical (unpaired) electrons. The minimum absolute atomic E-state index is 0.0631. The highest BCUT2D eigenvalue weighted by atomic mass is 32.2. The van der Waals surface area contributed by atoms with E-state index < -0.39 is 5.97 Å². The average Bonchev–Trinajstić information content (AvgIpc) is 3.17. The van der Waals surface area contributed by atoms with Gasteiger partial charge in [0.25, 0.3) is 0 Å². The van der Waals surface area contributed by atoms with Gasteiger partial charge in [0.05, 0.1) is 22.8 Å². The first-order valence-corrected chi connectivity index (χ1v) is 10.6. The van der Waals surface area contributed by atoms with E-state index in [1.54, 1.807) is 24.3 Å². The number of thiophene rings is 1. The number of esters is 1. The molecule has 1 heterocycles. The lowest BCUT2D eigenvalue weighted by molar-refractivity contribution is -0.119. The monoisotopic (exact) mass is 405 g/mol. The second kappa shape index (κ2) is 10.9. The van der Waals surface area contributed by atoms with Crippen molar-refractivity contribution in [2.24, 2.45) is 0 Å². The van der Waals surface area contributed by atoms with Crippen molar-refractivity contribution < 1.29 is 19.1 Å². The summed E-state index contributed by atoms with van der Waals surface area (Å²) in [5, 5.41) is 4.68. The van der Waals surface area contributed by atoms with Gasteiger partial charge >= 0.3 is 5.97 Å². The number of ketones is 1. The molecule has 5 nitrogen and oxygen atoms in total. The van der Waals surface area contributed by atoms with Crippen molar-refractivity contribution in [2.75, 3.05) is 12.4 Å². The Balaban J connectivity index is 1.81. The van der Waals surface area contributed by atoms with Gasteiger partial charge in [0.15, 0.2) is 5.78 Å². The van der Waals surface area contributed by atoms with Crippen LogP contribution in [0.15, 0.2) is 46.7 Å². The van der Waals surface area contributed by atoms with Gasteiger partial charge in [-0.15, -0.1) is 23.1 Å². The van der Waals surface area contributed by atoms with E-state index in [1.807, 2.05) is 31.4 Å². The maximum atomic E-state index is 12.3. The molecule has 0 saturated heterocycles. The molecule has 1 aromatic carbocycles. The molecule has 1 N–H and O–H groups in total. The summed E-state index contributed by atoms with van der Waals surface area (Å²) in [7, 11) is 0. The topological polar surface area (TPSA) is 72.5 Å². The molecule has 0 aliphatic heterocycles. The number of benzene rings is 1. The Labute approximate surface area is 167 Å². The van der Waals surface area contributed by atoms with Gasteiger partial charge in [0, 0.05) is 17.4 Å². The predicted molar refractivity (Wildman–Crippen MR) is 109 cm³/mol. The van der Waals surface area contributed by atoms with E-state index in [0.717, 1.165) is 4.88 Å². The van der Waals surface area contributed by atoms with Crippen LogP contribution in [-0.2, 0) is 9.53 Å². The third kappa shape index (κ3) is 7.19. The molecule has 1 amide bonds. The number of amides is 1. The highest BCUT2D eigenvalue weighted by Crippen LogP contribution is 2.23. The summed E-state index contributed by atoms with van der Waals surface area (Å²) in [6, 6.07) is 10.8. The van der Waals surface area contributed by atoms with Crippen molar-refractivity contribution in [2.45, 2.75) is 37.6 Å². The van der Waals surface area contributed by atoms with Crippen molar-refractivity contribution in [3.05, 3.63) is 52.2 Å². The van der Waals surface area contributed by atoms with E-state index >= 15 is 0 Å². The summed E-state index contributed by atoms with van der Waals surface area (Å²) < 4.78 is 5.31. The number of hydrogen-bond acceptors (Lipinski definition) is 6. The zero-order valence-electron chi connectivity index (χ0n) is 15.4. The van der Waals surface area contributed by atoms with E-state index in [9.17, 15) is 14.4 Å². The Morgan fingerprint density at radius 3 is 2.63 bits per heavy atom. The van der Waals surface area contributed by atoms with Gasteiger partial charge in [-0.05, 0) is 43.8 Å². The van der Waals surface area contributed by atoms with Gasteiger partial charge in [-0.25, -0.2) is 4.79 Å². The van der Waals surface area contributed by atoms with Crippen LogP contribution in [0.25, 0.3) is 0 Å². The fourth-order valence-electron chi connectivity index (χ4n) is 2.30. The number of rotatable bonds is 10. The third-order valence-electron chi connectivity index (χ3n) is 3.49. The molecular weight excluding hydrogens is 382 g/mol. The molecule has 0 fully saturated rings. The van der Waals surface area contributed by atoms with E-state index in [-0.39, 0.29) is 30.1 Å². The summed E-state index contributed by atoms with van der Waals surface area (Å²) in [6.07, 6.45) is 0.828. The Morgan fingerprint density at radius 1 is 1.15 bits per heavy atom. The van der Waals surface area contributed by atoms with Crippen molar-refractivity contribution >= 4 is 40.8 Å². The van der Waals surface area contributed by atoms with Gasteiger partial charge in [-0.2, -0.15) is 0 Å². The van der Waals surface area contributed by atoms with Gasteiger partial charge in [-0.1, -0.05) is 18.2 Å². The summed E-state index contributed by atoms with van der Waals surface area (Å²) >= 11 is 2.71. The largest absolute Gasteiger partial charge is 0.462 e. The lowest BCUT2D eigenvalue weighted by Crippen LogP contribution is -2.31. The number of nitrogens with one attached hydrogen (secondary N) is 1. The molecular formula is C20H23NO4S2. The van der Waals surface area contributed by atoms with Crippen LogP contribution >= 0.6 is 23.1 Å². The smallest absolute Gasteiger partial charge is 0.339 e. The Morgan fingerprint density at radius 2 is 1.93 bits per heavy atom. The molecule has 0 spiro atoms. The zero-order chi connectivity index (χ0) is 19.6. The number of carbonyl (C=O) groups excluding carboxylic acids is 3. The molecule has 144 valence electrons. The Kier molecular flexibility index (Phi) is 8.54. The number of ether oxygens (including phenoxy) is 1. The normalized spacial score (nSPS) is 10.6. The standard InChI is InChI=1S/C20H23NO4S2/c1-14(2)21-19(23)13-27-17-9-4-3-7-15(17)20(24)25-11-5-8-16(22)18-10-6-12-26-18/h3-4,6-7,9-10,12,14H,5,8,11,13H2,1-2H3,(H,21,23). The number of Topliss-reactive ketones (excluding diaryl/α,β-unsaturated/α-hetero) is 1. The van der Waals surface area contributed by atoms with E-state index in [4.69, 9.17) is 4.74 Å². The molecule has 0 unspecified atom stereocenters. The fraction of sp³-hybridized carbons (Fsp3) is 0.350. The first-order chi connectivity index (χ1) is 13.0. The summed E-state index contributed by atoms with van der Waals surface area (Å²) in [4.78, 5) is 37.5. The summed E-state index contributed by atoms with van der Waals surface area (Å²) in [5.41, 5.74) is 0.435. The minimum atomic E-state index is -0.439. The number of hydrogen-bond donors (Lipinski definition) is 1. The van der Waals surface area contributed by atoms with Crippen LogP contribution in [0.1, 0.15) is 46.7 Å². The number of carbonyl (C=O) groups is 3. The van der Waals surface area contributed by atoms with Crippen molar-refractivity contribution in [3.8, 4) is 0 Å². The highest BCUT2D eigenvalue weighted by molar-refractivity contribution is 8.00. The summed E-state index contributed by atoms with van der Waals surface area (Å²) in [6.45, 7) is 3.98. The van der Waals surface area contributed by atoms with Gasteiger partial charge in [-0.3, -0.25) is 9.59 Å². The van der Waals surface area contributed by atoms with Crippen LogP contribution in [0, 0.1) is 0 Å². The molecule has 2 rings (SSSR count). The Hall–Kier alpha value is -2.12. The molecule has 0 aliphatic rings. The zero-order valence-corrected chi connectivity index (χ0v) is 17.0. The fourth-order valence-corrected chi connectivity index (χ4v) is 3.85. The van der Waals surface area contributed by atoms with Gasteiger partial charge in [0.2, 0.25) is 5.91 Å². The molecule has 1 aromatic heterocycles. The first-order valence-electron chi connectivity index (χ1n) is 8.72. The van der Waals surface area contributed by atoms with Crippen molar-refractivity contribution in [1.29, 1.82) is 0 Å². The molecule has 0 bridgehead atoms. The highest BCUT2D eigenvalue weighted by Gasteiger charge is 2.15. The SMILES string of the molecule is CC(C)NC(=O)CSc1ccccc1C(=O)OCCCC(=O)c1cccs1. The second-order valence-corrected chi connectivity index (χ2v) is 8.11. The van der Waals surface area contributed by atoms with Crippen LogP contribution in [0.4, 0.5) is 0 Å². The van der Waals surface area contributed by atoms with Crippen LogP contribution in [0.2, 0.25) is 0 Å². The van der Waals surface area contributed by atoms with Crippen LogP contribution < -0.4 is 5.32 Å². The van der Waals surface area contributed by atoms with Crippen LogP contribution in [0.5, 0.6) is 0 Å². The average molecular weight is 406 g/mol. The first kappa shape index (κ1) is 21.2. The molecule has 0 atom stereocenters. The Bertz CT molecular complexity index is 772. The van der Waals surface area contributed by atoms with E-state index in [2.05, 4.69) is 5.32 Å². The molecule has 2 aromatic rings. The van der Waals surface area contributed by atoms with E-state index in [0.29, 0.717) is 23.3 Å². The quantitative estimate of drug-likeness (QED) is 0.278. The van der Waals surface area contributed by atoms with Crippen molar-refractivity contribution in [1.82, 2.24) is 5.32 Å². The predicted octanol–water partition coefficient (Wildman–Crippen LogP) is 4.18. The maximum absolute atomic E-state index is 12.3. The second-order valence-electron chi connectivity index (χ2n) is 6.15.